The van der Waals surface area contributed by atoms with Crippen molar-refractivity contribution in [1.29, 1.82) is 0 Å². The standard InChI is InChI=1S/C15H24N2O4/c1-9(8-13(17)18)7-11(16)10-5-6-12(19-2)15(21-4)14(10)20-3/h5-6,9,11H,7-8,16H2,1-4H3,(H2,17,18). The van der Waals surface area contributed by atoms with Crippen LogP contribution in [0.1, 0.15) is 31.4 Å². The number of primary amides is 1. The zero-order chi connectivity index (χ0) is 16.0. The van der Waals surface area contributed by atoms with Gasteiger partial charge in [-0.15, -0.1) is 0 Å². The van der Waals surface area contributed by atoms with Crippen LogP contribution in [0.2, 0.25) is 0 Å². The average molecular weight is 296 g/mol. The Hall–Kier alpha value is -1.95. The smallest absolute Gasteiger partial charge is 0.217 e. The normalized spacial score (nSPS) is 13.4. The molecule has 1 aromatic rings. The van der Waals surface area contributed by atoms with E-state index < -0.39 is 0 Å². The Bertz CT molecular complexity index is 491. The van der Waals surface area contributed by atoms with E-state index in [9.17, 15) is 4.79 Å². The van der Waals surface area contributed by atoms with Gasteiger partial charge >= 0.3 is 0 Å². The highest BCUT2D eigenvalue weighted by Gasteiger charge is 2.21. The second-order valence-electron chi connectivity index (χ2n) is 5.04. The Labute approximate surface area is 125 Å². The van der Waals surface area contributed by atoms with Gasteiger partial charge in [-0.1, -0.05) is 6.92 Å². The Morgan fingerprint density at radius 1 is 1.14 bits per heavy atom. The summed E-state index contributed by atoms with van der Waals surface area (Å²) < 4.78 is 16.0. The third-order valence-electron chi connectivity index (χ3n) is 3.34. The van der Waals surface area contributed by atoms with E-state index in [0.717, 1.165) is 5.56 Å². The molecule has 1 aromatic carbocycles. The van der Waals surface area contributed by atoms with E-state index in [0.29, 0.717) is 30.1 Å². The summed E-state index contributed by atoms with van der Waals surface area (Å²) >= 11 is 0. The number of rotatable bonds is 8. The molecule has 118 valence electrons. The van der Waals surface area contributed by atoms with Crippen LogP contribution in [0, 0.1) is 5.92 Å². The first kappa shape index (κ1) is 17.1. The molecule has 0 spiro atoms. The van der Waals surface area contributed by atoms with Crippen molar-refractivity contribution in [3.05, 3.63) is 17.7 Å². The predicted molar refractivity (Wildman–Crippen MR) is 80.6 cm³/mol. The topological polar surface area (TPSA) is 96.8 Å². The molecule has 0 aromatic heterocycles. The number of hydrogen-bond acceptors (Lipinski definition) is 5. The quantitative estimate of drug-likeness (QED) is 0.759. The van der Waals surface area contributed by atoms with E-state index in [1.165, 1.54) is 0 Å². The first-order valence-corrected chi connectivity index (χ1v) is 6.77. The van der Waals surface area contributed by atoms with Crippen LogP contribution < -0.4 is 25.7 Å². The summed E-state index contributed by atoms with van der Waals surface area (Å²) in [6, 6.07) is 3.35. The summed E-state index contributed by atoms with van der Waals surface area (Å²) in [6.45, 7) is 1.94. The fourth-order valence-electron chi connectivity index (χ4n) is 2.40. The zero-order valence-electron chi connectivity index (χ0n) is 13.0. The number of carbonyl (C=O) groups excluding carboxylic acids is 1. The van der Waals surface area contributed by atoms with E-state index in [-0.39, 0.29) is 17.9 Å². The maximum atomic E-state index is 11.0. The van der Waals surface area contributed by atoms with Crippen molar-refractivity contribution in [2.45, 2.75) is 25.8 Å². The Balaban J connectivity index is 3.03. The molecule has 0 heterocycles. The van der Waals surface area contributed by atoms with Crippen LogP contribution in [0.3, 0.4) is 0 Å². The summed E-state index contributed by atoms with van der Waals surface area (Å²) in [5.41, 5.74) is 12.3. The molecule has 0 saturated carbocycles. The molecule has 1 amide bonds. The maximum Gasteiger partial charge on any atom is 0.217 e. The van der Waals surface area contributed by atoms with Crippen molar-refractivity contribution >= 4 is 5.91 Å². The molecule has 0 aliphatic rings. The van der Waals surface area contributed by atoms with Crippen LogP contribution in [0.5, 0.6) is 17.2 Å². The van der Waals surface area contributed by atoms with Gasteiger partial charge in [0, 0.05) is 18.0 Å². The molecule has 0 bridgehead atoms. The second kappa shape index (κ2) is 7.73. The van der Waals surface area contributed by atoms with Gasteiger partial charge in [0.15, 0.2) is 11.5 Å². The van der Waals surface area contributed by atoms with E-state index in [1.54, 1.807) is 27.4 Å². The van der Waals surface area contributed by atoms with Crippen molar-refractivity contribution in [1.82, 2.24) is 0 Å². The highest BCUT2D eigenvalue weighted by atomic mass is 16.5. The molecule has 0 saturated heterocycles. The van der Waals surface area contributed by atoms with Crippen molar-refractivity contribution in [3.63, 3.8) is 0 Å². The SMILES string of the molecule is COc1ccc(C(N)CC(C)CC(N)=O)c(OC)c1OC. The molecule has 1 rings (SSSR count). The highest BCUT2D eigenvalue weighted by molar-refractivity contribution is 5.73. The zero-order valence-corrected chi connectivity index (χ0v) is 13.0. The van der Waals surface area contributed by atoms with E-state index in [2.05, 4.69) is 0 Å². The third kappa shape index (κ3) is 4.26. The summed E-state index contributed by atoms with van der Waals surface area (Å²) in [5.74, 6) is 1.41. The second-order valence-corrected chi connectivity index (χ2v) is 5.04. The molecule has 21 heavy (non-hydrogen) atoms. The van der Waals surface area contributed by atoms with E-state index in [1.807, 2.05) is 13.0 Å². The van der Waals surface area contributed by atoms with Gasteiger partial charge in [0.25, 0.3) is 0 Å². The van der Waals surface area contributed by atoms with Gasteiger partial charge in [0.1, 0.15) is 0 Å². The van der Waals surface area contributed by atoms with Crippen molar-refractivity contribution in [3.8, 4) is 17.2 Å². The van der Waals surface area contributed by atoms with Gasteiger partial charge in [-0.25, -0.2) is 0 Å². The first-order valence-electron chi connectivity index (χ1n) is 6.77. The van der Waals surface area contributed by atoms with Gasteiger partial charge in [0.2, 0.25) is 11.7 Å². The van der Waals surface area contributed by atoms with Crippen LogP contribution in [-0.2, 0) is 4.79 Å². The average Bonchev–Trinajstić information content (AvgIpc) is 2.44. The Kier molecular flexibility index (Phi) is 6.30. The molecule has 0 radical (unpaired) electrons. The fourth-order valence-corrected chi connectivity index (χ4v) is 2.40. The van der Waals surface area contributed by atoms with Crippen LogP contribution in [0.15, 0.2) is 12.1 Å². The van der Waals surface area contributed by atoms with Gasteiger partial charge in [0.05, 0.1) is 21.3 Å². The van der Waals surface area contributed by atoms with Crippen LogP contribution in [0.25, 0.3) is 0 Å². The van der Waals surface area contributed by atoms with Gasteiger partial charge in [-0.2, -0.15) is 0 Å². The van der Waals surface area contributed by atoms with Crippen LogP contribution >= 0.6 is 0 Å². The Morgan fingerprint density at radius 3 is 2.24 bits per heavy atom. The highest BCUT2D eigenvalue weighted by Crippen LogP contribution is 2.42. The molecule has 2 unspecified atom stereocenters. The molecular formula is C15H24N2O4. The Morgan fingerprint density at radius 2 is 1.76 bits per heavy atom. The predicted octanol–water partition coefficient (Wildman–Crippen LogP) is 1.61. The minimum absolute atomic E-state index is 0.0929. The number of hydrogen-bond donors (Lipinski definition) is 2. The summed E-state index contributed by atoms with van der Waals surface area (Å²) in [4.78, 5) is 11.0. The minimum atomic E-state index is -0.325. The summed E-state index contributed by atoms with van der Waals surface area (Å²) in [7, 11) is 4.66. The lowest BCUT2D eigenvalue weighted by Crippen LogP contribution is -2.20. The van der Waals surface area contributed by atoms with E-state index >= 15 is 0 Å². The van der Waals surface area contributed by atoms with Gasteiger partial charge in [-0.3, -0.25) is 4.79 Å². The number of ether oxygens (including phenoxy) is 3. The molecule has 6 heteroatoms. The van der Waals surface area contributed by atoms with Crippen molar-refractivity contribution in [2.75, 3.05) is 21.3 Å². The molecular weight excluding hydrogens is 272 g/mol. The number of nitrogens with two attached hydrogens (primary N) is 2. The molecule has 6 nitrogen and oxygen atoms in total. The van der Waals surface area contributed by atoms with Gasteiger partial charge < -0.3 is 25.7 Å². The number of carbonyl (C=O) groups is 1. The number of amides is 1. The van der Waals surface area contributed by atoms with Crippen molar-refractivity contribution < 1.29 is 19.0 Å². The minimum Gasteiger partial charge on any atom is -0.493 e. The van der Waals surface area contributed by atoms with Crippen molar-refractivity contribution in [2.24, 2.45) is 17.4 Å². The molecule has 4 N–H and O–H groups in total. The lowest BCUT2D eigenvalue weighted by atomic mass is 9.93. The largest absolute Gasteiger partial charge is 0.493 e. The molecule has 0 aliphatic heterocycles. The number of benzene rings is 1. The fraction of sp³-hybridized carbons (Fsp3) is 0.533. The lowest BCUT2D eigenvalue weighted by molar-refractivity contribution is -0.118. The summed E-state index contributed by atoms with van der Waals surface area (Å²) in [5, 5.41) is 0. The molecule has 0 fully saturated rings. The number of methoxy groups -OCH3 is 3. The van der Waals surface area contributed by atoms with Crippen LogP contribution in [-0.4, -0.2) is 27.2 Å². The monoisotopic (exact) mass is 296 g/mol. The van der Waals surface area contributed by atoms with Gasteiger partial charge in [-0.05, 0) is 24.5 Å². The third-order valence-corrected chi connectivity index (χ3v) is 3.34. The first-order chi connectivity index (χ1) is 9.94. The van der Waals surface area contributed by atoms with E-state index in [4.69, 9.17) is 25.7 Å². The lowest BCUT2D eigenvalue weighted by Gasteiger charge is -2.21. The van der Waals surface area contributed by atoms with Crippen LogP contribution in [0.4, 0.5) is 0 Å². The summed E-state index contributed by atoms with van der Waals surface area (Å²) in [6.07, 6.45) is 0.929. The maximum absolute atomic E-state index is 11.0. The molecule has 0 aliphatic carbocycles. The molecule has 2 atom stereocenters.